The Kier molecular flexibility index (Phi) is 4.84. The molecule has 3 heterocycles. The van der Waals surface area contributed by atoms with Crippen molar-refractivity contribution < 1.29 is 14.0 Å². The molecule has 0 aliphatic carbocycles. The Hall–Kier alpha value is -3.99. The van der Waals surface area contributed by atoms with E-state index in [1.165, 1.54) is 0 Å². The van der Waals surface area contributed by atoms with Crippen LogP contribution in [0.25, 0.3) is 11.1 Å². The third-order valence-corrected chi connectivity index (χ3v) is 7.71. The Morgan fingerprint density at radius 2 is 1.81 bits per heavy atom. The van der Waals surface area contributed by atoms with Crippen LogP contribution >= 0.6 is 0 Å². The summed E-state index contributed by atoms with van der Waals surface area (Å²) >= 11 is 0. The summed E-state index contributed by atoms with van der Waals surface area (Å²) < 4.78 is 18.6. The summed E-state index contributed by atoms with van der Waals surface area (Å²) in [6.07, 6.45) is 0. The molecule has 2 aliphatic rings. The zero-order valence-electron chi connectivity index (χ0n) is 21.3. The summed E-state index contributed by atoms with van der Waals surface area (Å²) in [6.45, 7) is 13.0. The van der Waals surface area contributed by atoms with Gasteiger partial charge in [-0.25, -0.2) is 0 Å². The van der Waals surface area contributed by atoms with E-state index in [-0.39, 0.29) is 11.5 Å². The van der Waals surface area contributed by atoms with E-state index in [9.17, 15) is 0 Å². The van der Waals surface area contributed by atoms with Crippen molar-refractivity contribution in [3.63, 3.8) is 0 Å². The molecule has 0 spiro atoms. The summed E-state index contributed by atoms with van der Waals surface area (Å²) in [7, 11) is 1.70. The maximum atomic E-state index is 7.12. The minimum Gasteiger partial charge on any atom is -0.496 e. The Bertz CT molecular complexity index is 1500. The molecule has 0 saturated heterocycles. The second kappa shape index (κ2) is 7.76. The van der Waals surface area contributed by atoms with Gasteiger partial charge in [0, 0.05) is 28.8 Å². The van der Waals surface area contributed by atoms with Gasteiger partial charge >= 0.3 is 0 Å². The predicted octanol–water partition coefficient (Wildman–Crippen LogP) is 7.21. The molecule has 2 aliphatic heterocycles. The number of benzene rings is 3. The molecule has 1 aromatic heterocycles. The number of aryl methyl sites for hydroxylation is 1. The highest BCUT2D eigenvalue weighted by molar-refractivity contribution is 5.87. The highest BCUT2D eigenvalue weighted by atomic mass is 16.5. The number of methoxy groups -OCH3 is 1. The molecule has 2 atom stereocenters. The zero-order chi connectivity index (χ0) is 25.2. The van der Waals surface area contributed by atoms with Crippen molar-refractivity contribution in [3.05, 3.63) is 107 Å². The van der Waals surface area contributed by atoms with Crippen LogP contribution in [0.15, 0.2) is 83.4 Å². The lowest BCUT2D eigenvalue weighted by atomic mass is 9.68. The van der Waals surface area contributed by atoms with Gasteiger partial charge in [0.05, 0.1) is 18.2 Å². The summed E-state index contributed by atoms with van der Waals surface area (Å²) in [4.78, 5) is 0. The van der Waals surface area contributed by atoms with Gasteiger partial charge in [-0.3, -0.25) is 0 Å². The molecule has 6 rings (SSSR count). The zero-order valence-corrected chi connectivity index (χ0v) is 21.3. The topological polar surface area (TPSA) is 56.5 Å². The monoisotopic (exact) mass is 478 g/mol. The second-order valence-corrected chi connectivity index (χ2v) is 10.3. The highest BCUT2D eigenvalue weighted by Crippen LogP contribution is 2.58. The Labute approximate surface area is 211 Å². The minimum atomic E-state index is -1.03. The van der Waals surface area contributed by atoms with E-state index in [4.69, 9.17) is 14.0 Å². The fourth-order valence-corrected chi connectivity index (χ4v) is 5.88. The lowest BCUT2D eigenvalue weighted by Gasteiger charge is -2.46. The van der Waals surface area contributed by atoms with Crippen molar-refractivity contribution in [1.82, 2.24) is 5.16 Å². The number of rotatable bonds is 3. The number of aromatic nitrogens is 1. The van der Waals surface area contributed by atoms with Gasteiger partial charge in [-0.15, -0.1) is 0 Å². The molecule has 4 aromatic rings. The van der Waals surface area contributed by atoms with Gasteiger partial charge in [-0.1, -0.05) is 61.1 Å². The van der Waals surface area contributed by atoms with Crippen LogP contribution in [0.4, 0.5) is 5.69 Å². The number of fused-ring (bicyclic) bond motifs is 5. The van der Waals surface area contributed by atoms with E-state index in [1.807, 2.05) is 49.4 Å². The first-order chi connectivity index (χ1) is 17.3. The molecule has 2 unspecified atom stereocenters. The van der Waals surface area contributed by atoms with Gasteiger partial charge in [0.15, 0.2) is 0 Å². The van der Waals surface area contributed by atoms with Crippen LogP contribution in [0.5, 0.6) is 11.5 Å². The quantitative estimate of drug-likeness (QED) is 0.315. The number of anilines is 1. The highest BCUT2D eigenvalue weighted by Gasteiger charge is 2.51. The van der Waals surface area contributed by atoms with Crippen LogP contribution in [0.2, 0.25) is 0 Å². The van der Waals surface area contributed by atoms with Crippen molar-refractivity contribution in [3.8, 4) is 22.6 Å². The van der Waals surface area contributed by atoms with Crippen molar-refractivity contribution in [2.75, 3.05) is 12.4 Å². The normalized spacial score (nSPS) is 21.5. The van der Waals surface area contributed by atoms with Crippen LogP contribution in [0.3, 0.4) is 0 Å². The summed E-state index contributed by atoms with van der Waals surface area (Å²) in [5.41, 5.74) is 6.77. The molecule has 0 radical (unpaired) electrons. The van der Waals surface area contributed by atoms with Crippen molar-refractivity contribution >= 4 is 5.69 Å². The molecule has 1 N–H and O–H groups in total. The van der Waals surface area contributed by atoms with Crippen molar-refractivity contribution in [2.24, 2.45) is 0 Å². The summed E-state index contributed by atoms with van der Waals surface area (Å²) in [6, 6.07) is 22.5. The molecule has 182 valence electrons. The van der Waals surface area contributed by atoms with E-state index in [0.717, 1.165) is 56.3 Å². The maximum absolute atomic E-state index is 7.12. The fraction of sp³-hybridized carbons (Fsp3) is 0.258. The molecule has 3 aromatic carbocycles. The number of hydrogen-bond acceptors (Lipinski definition) is 5. The van der Waals surface area contributed by atoms with Gasteiger partial charge < -0.3 is 19.3 Å². The predicted molar refractivity (Wildman–Crippen MR) is 142 cm³/mol. The Morgan fingerprint density at radius 1 is 1.03 bits per heavy atom. The summed E-state index contributed by atoms with van der Waals surface area (Å²) in [5.74, 6) is 2.30. The SMILES string of the molecule is C=C1C(C)c2c(ccc3c2C(c2ccccc2)(c2cc(C)on2)Oc2cccc(OC)c2-3)NC1(C)C. The van der Waals surface area contributed by atoms with Gasteiger partial charge in [0.25, 0.3) is 0 Å². The van der Waals surface area contributed by atoms with E-state index < -0.39 is 5.60 Å². The average Bonchev–Trinajstić information content (AvgIpc) is 3.32. The smallest absolute Gasteiger partial charge is 0.205 e. The first-order valence-electron chi connectivity index (χ1n) is 12.3. The third kappa shape index (κ3) is 2.98. The van der Waals surface area contributed by atoms with E-state index in [2.05, 4.69) is 62.1 Å². The van der Waals surface area contributed by atoms with Crippen LogP contribution in [0.1, 0.15) is 54.8 Å². The molecule has 0 fully saturated rings. The van der Waals surface area contributed by atoms with Crippen LogP contribution in [-0.4, -0.2) is 17.8 Å². The van der Waals surface area contributed by atoms with E-state index in [1.54, 1.807) is 7.11 Å². The molecule has 0 amide bonds. The molecular formula is C31H30N2O3. The molecule has 0 saturated carbocycles. The van der Waals surface area contributed by atoms with Gasteiger partial charge in [0.1, 0.15) is 23.0 Å². The molecule has 5 heteroatoms. The summed E-state index contributed by atoms with van der Waals surface area (Å²) in [5, 5.41) is 8.28. The Morgan fingerprint density at radius 3 is 2.50 bits per heavy atom. The molecular weight excluding hydrogens is 448 g/mol. The lowest BCUT2D eigenvalue weighted by Crippen LogP contribution is -2.44. The Balaban J connectivity index is 1.80. The van der Waals surface area contributed by atoms with Gasteiger partial charge in [0.2, 0.25) is 5.60 Å². The van der Waals surface area contributed by atoms with Gasteiger partial charge in [-0.2, -0.15) is 0 Å². The minimum absolute atomic E-state index is 0.0714. The number of hydrogen-bond donors (Lipinski definition) is 1. The first kappa shape index (κ1) is 22.5. The van der Waals surface area contributed by atoms with Crippen molar-refractivity contribution in [2.45, 2.75) is 44.8 Å². The maximum Gasteiger partial charge on any atom is 0.205 e. The average molecular weight is 479 g/mol. The fourth-order valence-electron chi connectivity index (χ4n) is 5.88. The van der Waals surface area contributed by atoms with Crippen LogP contribution in [-0.2, 0) is 5.60 Å². The number of nitrogens with zero attached hydrogens (tertiary/aromatic N) is 1. The molecule has 0 bridgehead atoms. The first-order valence-corrected chi connectivity index (χ1v) is 12.3. The van der Waals surface area contributed by atoms with Crippen LogP contribution < -0.4 is 14.8 Å². The number of ether oxygens (including phenoxy) is 2. The van der Waals surface area contributed by atoms with Crippen molar-refractivity contribution in [1.29, 1.82) is 0 Å². The number of nitrogens with one attached hydrogen (secondary N) is 1. The second-order valence-electron chi connectivity index (χ2n) is 10.3. The van der Waals surface area contributed by atoms with Crippen LogP contribution in [0, 0.1) is 6.92 Å². The van der Waals surface area contributed by atoms with E-state index in [0.29, 0.717) is 5.69 Å². The van der Waals surface area contributed by atoms with E-state index >= 15 is 0 Å². The molecule has 5 nitrogen and oxygen atoms in total. The standard InChI is InChI=1S/C31H30N2O3/c1-18-17-26(33-36-18)31(21-11-8-7-9-12-21)29-22(28-24(34-6)13-10-14-25(28)35-31)15-16-23-27(29)19(2)20(3)30(4,5)32-23/h7-17,19,32H,3H2,1-2,4-6H3. The van der Waals surface area contributed by atoms with Gasteiger partial charge in [-0.05, 0) is 55.7 Å². The molecule has 36 heavy (non-hydrogen) atoms. The largest absolute Gasteiger partial charge is 0.496 e. The third-order valence-electron chi connectivity index (χ3n) is 7.71. The lowest BCUT2D eigenvalue weighted by molar-refractivity contribution is 0.139.